The molecule has 0 aliphatic carbocycles. The molecule has 0 radical (unpaired) electrons. The van der Waals surface area contributed by atoms with Crippen LogP contribution in [0.2, 0.25) is 0 Å². The van der Waals surface area contributed by atoms with Gasteiger partial charge in [-0.15, -0.1) is 0 Å². The molecule has 0 spiro atoms. The lowest BCUT2D eigenvalue weighted by molar-refractivity contribution is -0.209. The summed E-state index contributed by atoms with van der Waals surface area (Å²) in [6, 6.07) is 0. The number of ether oxygens (including phenoxy) is 2. The van der Waals surface area contributed by atoms with Crippen LogP contribution >= 0.6 is 11.8 Å². The van der Waals surface area contributed by atoms with Crippen molar-refractivity contribution in [1.29, 1.82) is 0 Å². The summed E-state index contributed by atoms with van der Waals surface area (Å²) >= 11 is 1.97. The van der Waals surface area contributed by atoms with Crippen molar-refractivity contribution in [2.24, 2.45) is 0 Å². The SMILES string of the molecule is COC1(OC)CCSCC1. The van der Waals surface area contributed by atoms with Crippen molar-refractivity contribution in [1.82, 2.24) is 0 Å². The predicted molar refractivity (Wildman–Crippen MR) is 43.3 cm³/mol. The van der Waals surface area contributed by atoms with Gasteiger partial charge in [-0.2, -0.15) is 11.8 Å². The molecule has 1 rings (SSSR count). The summed E-state index contributed by atoms with van der Waals surface area (Å²) in [4.78, 5) is 0. The number of rotatable bonds is 2. The molecule has 0 amide bonds. The third-order valence-corrected chi connectivity index (χ3v) is 2.98. The standard InChI is InChI=1S/C7H14O2S/c1-8-7(9-2)3-5-10-6-4-7/h3-6H2,1-2H3. The summed E-state index contributed by atoms with van der Waals surface area (Å²) in [6.45, 7) is 0. The molecule has 0 aromatic rings. The summed E-state index contributed by atoms with van der Waals surface area (Å²) < 4.78 is 10.6. The zero-order valence-corrected chi connectivity index (χ0v) is 7.37. The van der Waals surface area contributed by atoms with Crippen molar-refractivity contribution >= 4 is 11.8 Å². The molecule has 10 heavy (non-hydrogen) atoms. The summed E-state index contributed by atoms with van der Waals surface area (Å²) in [5.41, 5.74) is 0. The molecule has 0 aromatic heterocycles. The first-order valence-electron chi connectivity index (χ1n) is 3.51. The second-order valence-electron chi connectivity index (χ2n) is 2.43. The monoisotopic (exact) mass is 162 g/mol. The van der Waals surface area contributed by atoms with Gasteiger partial charge in [0.05, 0.1) is 0 Å². The molecule has 3 heteroatoms. The van der Waals surface area contributed by atoms with Crippen molar-refractivity contribution in [3.05, 3.63) is 0 Å². The average Bonchev–Trinajstić information content (AvgIpc) is 2.06. The molecule has 2 nitrogen and oxygen atoms in total. The third kappa shape index (κ3) is 1.65. The van der Waals surface area contributed by atoms with Gasteiger partial charge in [0.1, 0.15) is 0 Å². The Hall–Kier alpha value is 0.270. The first-order valence-corrected chi connectivity index (χ1v) is 4.66. The van der Waals surface area contributed by atoms with Crippen LogP contribution in [0.15, 0.2) is 0 Å². The molecule has 0 bridgehead atoms. The topological polar surface area (TPSA) is 18.5 Å². The zero-order chi connectivity index (χ0) is 7.45. The van der Waals surface area contributed by atoms with Gasteiger partial charge in [0.15, 0.2) is 5.79 Å². The van der Waals surface area contributed by atoms with Crippen LogP contribution in [0.5, 0.6) is 0 Å². The van der Waals surface area contributed by atoms with Crippen LogP contribution in [-0.2, 0) is 9.47 Å². The number of methoxy groups -OCH3 is 2. The van der Waals surface area contributed by atoms with Gasteiger partial charge in [-0.25, -0.2) is 0 Å². The largest absolute Gasteiger partial charge is 0.353 e. The Balaban J connectivity index is 2.44. The molecule has 1 aliphatic rings. The zero-order valence-electron chi connectivity index (χ0n) is 6.55. The van der Waals surface area contributed by atoms with Gasteiger partial charge in [-0.1, -0.05) is 0 Å². The first-order chi connectivity index (χ1) is 4.83. The van der Waals surface area contributed by atoms with E-state index in [0.717, 1.165) is 24.3 Å². The van der Waals surface area contributed by atoms with Gasteiger partial charge in [0, 0.05) is 27.1 Å². The highest BCUT2D eigenvalue weighted by Gasteiger charge is 2.31. The van der Waals surface area contributed by atoms with E-state index in [4.69, 9.17) is 9.47 Å². The molecule has 1 aliphatic heterocycles. The van der Waals surface area contributed by atoms with E-state index in [1.165, 1.54) is 0 Å². The molecule has 1 fully saturated rings. The van der Waals surface area contributed by atoms with Crippen LogP contribution in [0, 0.1) is 0 Å². The fraction of sp³-hybridized carbons (Fsp3) is 1.00. The van der Waals surface area contributed by atoms with E-state index in [1.807, 2.05) is 11.8 Å². The van der Waals surface area contributed by atoms with Crippen molar-refractivity contribution in [2.45, 2.75) is 18.6 Å². The Morgan fingerprint density at radius 1 is 1.10 bits per heavy atom. The van der Waals surface area contributed by atoms with Gasteiger partial charge < -0.3 is 9.47 Å². The first kappa shape index (κ1) is 8.37. The fourth-order valence-corrected chi connectivity index (χ4v) is 2.29. The second kappa shape index (κ2) is 3.60. The van der Waals surface area contributed by atoms with Crippen molar-refractivity contribution in [2.75, 3.05) is 25.7 Å². The van der Waals surface area contributed by atoms with Gasteiger partial charge in [-0.05, 0) is 11.5 Å². The summed E-state index contributed by atoms with van der Waals surface area (Å²) in [6.07, 6.45) is 2.04. The van der Waals surface area contributed by atoms with E-state index >= 15 is 0 Å². The van der Waals surface area contributed by atoms with Crippen LogP contribution in [0.4, 0.5) is 0 Å². The highest BCUT2D eigenvalue weighted by molar-refractivity contribution is 7.99. The van der Waals surface area contributed by atoms with Crippen LogP contribution in [0.3, 0.4) is 0 Å². The molecule has 1 heterocycles. The molecule has 60 valence electrons. The lowest BCUT2D eigenvalue weighted by atomic mass is 10.1. The smallest absolute Gasteiger partial charge is 0.169 e. The van der Waals surface area contributed by atoms with Crippen molar-refractivity contribution < 1.29 is 9.47 Å². The van der Waals surface area contributed by atoms with Crippen molar-refractivity contribution in [3.63, 3.8) is 0 Å². The van der Waals surface area contributed by atoms with Crippen LogP contribution in [0.1, 0.15) is 12.8 Å². The summed E-state index contributed by atoms with van der Waals surface area (Å²) in [5, 5.41) is 0. The number of hydrogen-bond donors (Lipinski definition) is 0. The minimum Gasteiger partial charge on any atom is -0.353 e. The summed E-state index contributed by atoms with van der Waals surface area (Å²) in [5.74, 6) is 2.05. The van der Waals surface area contributed by atoms with Gasteiger partial charge in [-0.3, -0.25) is 0 Å². The van der Waals surface area contributed by atoms with E-state index in [0.29, 0.717) is 0 Å². The molecule has 0 aromatic carbocycles. The van der Waals surface area contributed by atoms with E-state index in [9.17, 15) is 0 Å². The second-order valence-corrected chi connectivity index (χ2v) is 3.66. The van der Waals surface area contributed by atoms with Gasteiger partial charge in [0.2, 0.25) is 0 Å². The maximum atomic E-state index is 5.29. The Kier molecular flexibility index (Phi) is 3.01. The highest BCUT2D eigenvalue weighted by Crippen LogP contribution is 2.29. The lowest BCUT2D eigenvalue weighted by Crippen LogP contribution is -2.37. The maximum absolute atomic E-state index is 5.29. The molecule has 0 unspecified atom stereocenters. The Bertz CT molecular complexity index is 93.8. The van der Waals surface area contributed by atoms with Crippen LogP contribution in [-0.4, -0.2) is 31.5 Å². The Labute approximate surface area is 66.3 Å². The molecule has 0 N–H and O–H groups in total. The third-order valence-electron chi connectivity index (χ3n) is 2.00. The molecule has 0 saturated carbocycles. The minimum atomic E-state index is -0.259. The summed E-state index contributed by atoms with van der Waals surface area (Å²) in [7, 11) is 3.44. The van der Waals surface area contributed by atoms with Crippen LogP contribution < -0.4 is 0 Å². The normalized spacial score (nSPS) is 24.6. The quantitative estimate of drug-likeness (QED) is 0.573. The Morgan fingerprint density at radius 2 is 1.60 bits per heavy atom. The Morgan fingerprint density at radius 3 is 1.90 bits per heavy atom. The predicted octanol–water partition coefficient (Wildman–Crippen LogP) is 1.50. The maximum Gasteiger partial charge on any atom is 0.169 e. The van der Waals surface area contributed by atoms with Crippen molar-refractivity contribution in [3.8, 4) is 0 Å². The molecule has 1 saturated heterocycles. The number of hydrogen-bond acceptors (Lipinski definition) is 3. The average molecular weight is 162 g/mol. The molecular weight excluding hydrogens is 148 g/mol. The number of thioether (sulfide) groups is 1. The minimum absolute atomic E-state index is 0.259. The van der Waals surface area contributed by atoms with E-state index in [2.05, 4.69) is 0 Å². The van der Waals surface area contributed by atoms with Gasteiger partial charge in [0.25, 0.3) is 0 Å². The van der Waals surface area contributed by atoms with E-state index in [1.54, 1.807) is 14.2 Å². The lowest BCUT2D eigenvalue weighted by Gasteiger charge is -2.33. The van der Waals surface area contributed by atoms with E-state index < -0.39 is 0 Å². The van der Waals surface area contributed by atoms with Gasteiger partial charge >= 0.3 is 0 Å². The highest BCUT2D eigenvalue weighted by atomic mass is 32.2. The molecule has 0 atom stereocenters. The fourth-order valence-electron chi connectivity index (χ4n) is 1.17. The van der Waals surface area contributed by atoms with E-state index in [-0.39, 0.29) is 5.79 Å². The van der Waals surface area contributed by atoms with Crippen LogP contribution in [0.25, 0.3) is 0 Å². The molecular formula is C7H14O2S.